The monoisotopic (exact) mass is 601 g/mol. The summed E-state index contributed by atoms with van der Waals surface area (Å²) in [5.41, 5.74) is 7.53. The Bertz CT molecular complexity index is 1570. The molecule has 1 fully saturated rings. The van der Waals surface area contributed by atoms with E-state index in [-0.39, 0.29) is 5.78 Å². The van der Waals surface area contributed by atoms with Gasteiger partial charge in [0.15, 0.2) is 0 Å². The normalized spacial score (nSPS) is 18.5. The largest absolute Gasteiger partial charge is 0.496 e. The average molecular weight is 602 g/mol. The summed E-state index contributed by atoms with van der Waals surface area (Å²) in [5, 5.41) is 10.3. The van der Waals surface area contributed by atoms with Gasteiger partial charge in [0.05, 0.1) is 22.8 Å². The molecule has 0 saturated carbocycles. The minimum Gasteiger partial charge on any atom is -0.399 e. The van der Waals surface area contributed by atoms with Crippen molar-refractivity contribution in [2.24, 2.45) is 0 Å². The van der Waals surface area contributed by atoms with E-state index in [4.69, 9.17) is 37.8 Å². The number of rotatable bonds is 3. The molecule has 0 N–H and O–H groups in total. The van der Waals surface area contributed by atoms with Crippen LogP contribution in [0.1, 0.15) is 79.5 Å². The van der Waals surface area contributed by atoms with E-state index in [0.717, 1.165) is 51.1 Å². The van der Waals surface area contributed by atoms with Crippen LogP contribution < -0.4 is 5.46 Å². The van der Waals surface area contributed by atoms with Crippen molar-refractivity contribution in [2.75, 3.05) is 0 Å². The molecule has 1 aliphatic heterocycles. The van der Waals surface area contributed by atoms with Gasteiger partial charge in [-0.15, -0.1) is 0 Å². The quantitative estimate of drug-likeness (QED) is 0.318. The summed E-state index contributed by atoms with van der Waals surface area (Å²) in [5.74, 6) is 0.582. The maximum absolute atomic E-state index is 11.7. The number of hydrogen-bond acceptors (Lipinski definition) is 5. The SMILES string of the molecule is CC1(C)OB(c2c(Cl)ccc3c2CCC(=O)C3)OC1(C)C.N#Cc1ccc(Cc2c(Cl)ccc3c2CCC(=O)C3)cc1. The molecule has 3 aromatic rings. The molecular weight excluding hydrogens is 568 g/mol. The number of Topliss-reactive ketones (excluding diaryl/α,β-unsaturated/α-hetero) is 2. The third kappa shape index (κ3) is 6.21. The molecule has 0 unspecified atom stereocenters. The Morgan fingerprint density at radius 1 is 0.762 bits per heavy atom. The van der Waals surface area contributed by atoms with E-state index in [1.54, 1.807) is 0 Å². The standard InChI is InChI=1S/C18H14ClNO.C16H20BClO3/c19-18-8-5-14-10-15(21)6-7-16(14)17(18)9-12-1-3-13(11-20)4-2-12;1-15(2)16(3,4)21-17(20-15)14-12-7-6-11(19)9-10(12)5-8-13(14)18/h1-5,8H,6-7,9-10H2;5,8H,6-7,9H2,1-4H3. The summed E-state index contributed by atoms with van der Waals surface area (Å²) in [7, 11) is -0.467. The smallest absolute Gasteiger partial charge is 0.399 e. The first-order valence-electron chi connectivity index (χ1n) is 14.4. The van der Waals surface area contributed by atoms with E-state index in [0.29, 0.717) is 48.5 Å². The van der Waals surface area contributed by atoms with Crippen molar-refractivity contribution in [1.82, 2.24) is 0 Å². The number of benzene rings is 3. The predicted octanol–water partition coefficient (Wildman–Crippen LogP) is 6.56. The Morgan fingerprint density at radius 3 is 1.86 bits per heavy atom. The highest BCUT2D eigenvalue weighted by Crippen LogP contribution is 2.38. The molecule has 3 aromatic carbocycles. The molecule has 1 saturated heterocycles. The maximum Gasteiger partial charge on any atom is 0.496 e. The number of ketones is 2. The maximum atomic E-state index is 11.7. The van der Waals surface area contributed by atoms with Crippen LogP contribution in [0.5, 0.6) is 0 Å². The van der Waals surface area contributed by atoms with Crippen LogP contribution in [0.3, 0.4) is 0 Å². The Kier molecular flexibility index (Phi) is 8.70. The van der Waals surface area contributed by atoms with Crippen LogP contribution in [0.2, 0.25) is 10.0 Å². The van der Waals surface area contributed by atoms with Gasteiger partial charge in [0.1, 0.15) is 11.6 Å². The lowest BCUT2D eigenvalue weighted by Gasteiger charge is -2.32. The van der Waals surface area contributed by atoms with Crippen molar-refractivity contribution in [1.29, 1.82) is 5.26 Å². The summed E-state index contributed by atoms with van der Waals surface area (Å²) >= 11 is 12.8. The minimum absolute atomic E-state index is 0.282. The molecule has 0 amide bonds. The van der Waals surface area contributed by atoms with Crippen LogP contribution in [0.25, 0.3) is 0 Å². The molecule has 8 heteroatoms. The van der Waals surface area contributed by atoms with Crippen molar-refractivity contribution in [2.45, 2.75) is 83.8 Å². The average Bonchev–Trinajstić information content (AvgIpc) is 3.16. The fraction of sp³-hybridized carbons (Fsp3) is 0.382. The second kappa shape index (κ2) is 12.0. The zero-order valence-electron chi connectivity index (χ0n) is 24.5. The van der Waals surface area contributed by atoms with Gasteiger partial charge in [-0.3, -0.25) is 9.59 Å². The van der Waals surface area contributed by atoms with Gasteiger partial charge < -0.3 is 9.31 Å². The Labute approximate surface area is 258 Å². The summed E-state index contributed by atoms with van der Waals surface area (Å²) in [4.78, 5) is 23.2. The number of carbonyl (C=O) groups is 2. The number of carbonyl (C=O) groups excluding carboxylic acids is 2. The molecule has 3 aliphatic rings. The molecule has 6 rings (SSSR count). The van der Waals surface area contributed by atoms with Crippen molar-refractivity contribution in [3.63, 3.8) is 0 Å². The zero-order valence-corrected chi connectivity index (χ0v) is 26.0. The lowest BCUT2D eigenvalue weighted by molar-refractivity contribution is -0.119. The molecule has 216 valence electrons. The van der Waals surface area contributed by atoms with E-state index in [9.17, 15) is 9.59 Å². The summed E-state index contributed by atoms with van der Waals surface area (Å²) < 4.78 is 12.3. The number of nitrogens with zero attached hydrogens (tertiary/aromatic N) is 1. The Hall–Kier alpha value is -2.95. The van der Waals surface area contributed by atoms with Gasteiger partial charge in [0.25, 0.3) is 0 Å². The van der Waals surface area contributed by atoms with Crippen molar-refractivity contribution < 1.29 is 18.9 Å². The van der Waals surface area contributed by atoms with Crippen molar-refractivity contribution >= 4 is 47.3 Å². The highest BCUT2D eigenvalue weighted by atomic mass is 35.5. The van der Waals surface area contributed by atoms with Crippen LogP contribution >= 0.6 is 23.2 Å². The number of halogens is 2. The van der Waals surface area contributed by atoms with E-state index in [2.05, 4.69) is 6.07 Å². The van der Waals surface area contributed by atoms with E-state index in [1.165, 1.54) is 5.56 Å². The molecule has 0 bridgehead atoms. The van der Waals surface area contributed by atoms with E-state index >= 15 is 0 Å². The first-order valence-corrected chi connectivity index (χ1v) is 15.1. The third-order valence-corrected chi connectivity index (χ3v) is 9.59. The van der Waals surface area contributed by atoms with Gasteiger partial charge in [0.2, 0.25) is 0 Å². The topological polar surface area (TPSA) is 76.4 Å². The Morgan fingerprint density at radius 2 is 1.29 bits per heavy atom. The third-order valence-electron chi connectivity index (χ3n) is 8.91. The second-order valence-electron chi connectivity index (χ2n) is 12.3. The first kappa shape index (κ1) is 30.5. The molecule has 0 atom stereocenters. The van der Waals surface area contributed by atoms with Crippen LogP contribution in [-0.2, 0) is 51.0 Å². The van der Waals surface area contributed by atoms with Gasteiger partial charge >= 0.3 is 7.12 Å². The van der Waals surface area contributed by atoms with Crippen LogP contribution in [-0.4, -0.2) is 29.9 Å². The van der Waals surface area contributed by atoms with Crippen molar-refractivity contribution in [3.05, 3.63) is 97.5 Å². The van der Waals surface area contributed by atoms with Crippen LogP contribution in [0.4, 0.5) is 0 Å². The summed E-state index contributed by atoms with van der Waals surface area (Å²) in [6, 6.07) is 17.3. The van der Waals surface area contributed by atoms with Gasteiger partial charge in [-0.1, -0.05) is 47.5 Å². The zero-order chi connectivity index (χ0) is 30.2. The first-order chi connectivity index (χ1) is 19.9. The molecule has 2 aliphatic carbocycles. The Balaban J connectivity index is 0.000000168. The highest BCUT2D eigenvalue weighted by molar-refractivity contribution is 6.66. The minimum atomic E-state index is -0.467. The van der Waals surface area contributed by atoms with Crippen LogP contribution in [0.15, 0.2) is 48.5 Å². The highest BCUT2D eigenvalue weighted by Gasteiger charge is 2.53. The molecule has 5 nitrogen and oxygen atoms in total. The van der Waals surface area contributed by atoms with E-state index in [1.807, 2.05) is 76.2 Å². The lowest BCUT2D eigenvalue weighted by atomic mass is 9.71. The predicted molar refractivity (Wildman–Crippen MR) is 167 cm³/mol. The van der Waals surface area contributed by atoms with E-state index < -0.39 is 18.3 Å². The fourth-order valence-electron chi connectivity index (χ4n) is 5.77. The molecule has 1 heterocycles. The lowest BCUT2D eigenvalue weighted by Crippen LogP contribution is -2.41. The second-order valence-corrected chi connectivity index (χ2v) is 13.1. The molecular formula is C34H34BCl2NO4. The molecule has 0 spiro atoms. The number of fused-ring (bicyclic) bond motifs is 2. The molecule has 0 aromatic heterocycles. The van der Waals surface area contributed by atoms with Gasteiger partial charge in [-0.05, 0) is 105 Å². The van der Waals surface area contributed by atoms with Gasteiger partial charge in [-0.2, -0.15) is 5.26 Å². The molecule has 42 heavy (non-hydrogen) atoms. The summed E-state index contributed by atoms with van der Waals surface area (Å²) in [6.07, 6.45) is 4.41. The summed E-state index contributed by atoms with van der Waals surface area (Å²) in [6.45, 7) is 8.11. The van der Waals surface area contributed by atoms with Crippen molar-refractivity contribution in [3.8, 4) is 6.07 Å². The molecule has 0 radical (unpaired) electrons. The van der Waals surface area contributed by atoms with Gasteiger partial charge in [-0.25, -0.2) is 0 Å². The number of hydrogen-bond donors (Lipinski definition) is 0. The fourth-order valence-corrected chi connectivity index (χ4v) is 6.28. The van der Waals surface area contributed by atoms with Gasteiger partial charge in [0, 0.05) is 41.2 Å². The number of nitriles is 1. The van der Waals surface area contributed by atoms with Crippen LogP contribution in [0, 0.1) is 11.3 Å².